The van der Waals surface area contributed by atoms with E-state index >= 15 is 0 Å². The van der Waals surface area contributed by atoms with Gasteiger partial charge < -0.3 is 9.26 Å². The number of hydrogen-bond acceptors (Lipinski definition) is 3. The van der Waals surface area contributed by atoms with Crippen molar-refractivity contribution < 1.29 is 9.26 Å². The van der Waals surface area contributed by atoms with Gasteiger partial charge in [0.15, 0.2) is 0 Å². The molecule has 1 aliphatic carbocycles. The summed E-state index contributed by atoms with van der Waals surface area (Å²) in [6.07, 6.45) is 6.28. The van der Waals surface area contributed by atoms with Crippen molar-refractivity contribution in [3.8, 4) is 0 Å². The van der Waals surface area contributed by atoms with Crippen LogP contribution in [-0.4, -0.2) is 24.5 Å². The van der Waals surface area contributed by atoms with Gasteiger partial charge in [0.25, 0.3) is 0 Å². The van der Waals surface area contributed by atoms with Crippen molar-refractivity contribution in [3.05, 3.63) is 12.3 Å². The van der Waals surface area contributed by atoms with Crippen LogP contribution in [0.4, 0.5) is 0 Å². The summed E-state index contributed by atoms with van der Waals surface area (Å²) in [5.41, 5.74) is 1.15. The predicted octanol–water partition coefficient (Wildman–Crippen LogP) is 4.39. The van der Waals surface area contributed by atoms with Crippen molar-refractivity contribution >= 4 is 15.2 Å². The first-order valence-corrected chi connectivity index (χ1v) is 8.80. The van der Waals surface area contributed by atoms with E-state index in [9.17, 15) is 0 Å². The lowest BCUT2D eigenvalue weighted by atomic mass is 9.87. The molecule has 21 heavy (non-hydrogen) atoms. The summed E-state index contributed by atoms with van der Waals surface area (Å²) in [6, 6.07) is 0.330. The van der Waals surface area contributed by atoms with Crippen LogP contribution in [0.2, 0.25) is 0 Å². The van der Waals surface area contributed by atoms with Crippen LogP contribution in [0.15, 0.2) is 17.3 Å². The molecule has 5 atom stereocenters. The van der Waals surface area contributed by atoms with Gasteiger partial charge in [0.2, 0.25) is 0 Å². The number of rotatable bonds is 5. The Morgan fingerprint density at radius 1 is 1.43 bits per heavy atom. The second-order valence-corrected chi connectivity index (χ2v) is 6.98. The molecule has 0 radical (unpaired) electrons. The van der Waals surface area contributed by atoms with E-state index in [0.29, 0.717) is 30.4 Å². The predicted molar refractivity (Wildman–Crippen MR) is 91.5 cm³/mol. The normalized spacial score (nSPS) is 32.5. The van der Waals surface area contributed by atoms with E-state index in [0.717, 1.165) is 17.9 Å². The van der Waals surface area contributed by atoms with Gasteiger partial charge >= 0.3 is 0 Å². The summed E-state index contributed by atoms with van der Waals surface area (Å²) < 4.78 is 11.5. The minimum absolute atomic E-state index is 0.130. The van der Waals surface area contributed by atoms with Crippen LogP contribution < -0.4 is 0 Å². The lowest BCUT2D eigenvalue weighted by molar-refractivity contribution is 0.0183. The van der Waals surface area contributed by atoms with Crippen LogP contribution in [0.3, 0.4) is 0 Å². The molecule has 3 unspecified atom stereocenters. The highest BCUT2D eigenvalue weighted by Crippen LogP contribution is 2.35. The van der Waals surface area contributed by atoms with Gasteiger partial charge in [0.1, 0.15) is 11.9 Å². The van der Waals surface area contributed by atoms with E-state index in [4.69, 9.17) is 14.3 Å². The zero-order valence-electron chi connectivity index (χ0n) is 13.7. The van der Waals surface area contributed by atoms with Gasteiger partial charge in [0.05, 0.1) is 18.4 Å². The van der Waals surface area contributed by atoms with Gasteiger partial charge in [-0.3, -0.25) is 4.99 Å². The molecular formula is C17H30NO2P. The molecule has 0 amide bonds. The summed E-state index contributed by atoms with van der Waals surface area (Å²) in [7, 11) is 2.34. The molecule has 120 valence electrons. The quantitative estimate of drug-likeness (QED) is 0.705. The molecule has 0 spiro atoms. The van der Waals surface area contributed by atoms with Crippen LogP contribution >= 0.6 is 9.47 Å². The lowest BCUT2D eigenvalue weighted by Crippen LogP contribution is -2.35. The van der Waals surface area contributed by atoms with Crippen molar-refractivity contribution in [2.75, 3.05) is 6.61 Å². The molecule has 4 heteroatoms. The minimum Gasteiger partial charge on any atom is -0.488 e. The summed E-state index contributed by atoms with van der Waals surface area (Å²) in [6.45, 7) is 11.5. The fourth-order valence-corrected chi connectivity index (χ4v) is 4.10. The van der Waals surface area contributed by atoms with E-state index in [2.05, 4.69) is 36.8 Å². The van der Waals surface area contributed by atoms with Gasteiger partial charge in [-0.15, -0.1) is 0 Å². The zero-order valence-corrected chi connectivity index (χ0v) is 14.8. The van der Waals surface area contributed by atoms with Crippen LogP contribution in [0, 0.1) is 17.8 Å². The van der Waals surface area contributed by atoms with Gasteiger partial charge in [-0.2, -0.15) is 0 Å². The van der Waals surface area contributed by atoms with Crippen molar-refractivity contribution in [1.82, 2.24) is 0 Å². The monoisotopic (exact) mass is 311 g/mol. The average molecular weight is 311 g/mol. The summed E-state index contributed by atoms with van der Waals surface area (Å²) >= 11 is 0. The lowest BCUT2D eigenvalue weighted by Gasteiger charge is -2.30. The first-order chi connectivity index (χ1) is 10.1. The number of aliphatic imine (C=N–C) groups is 1. The third kappa shape index (κ3) is 3.87. The average Bonchev–Trinajstić information content (AvgIpc) is 2.95. The molecule has 0 N–H and O–H groups in total. The van der Waals surface area contributed by atoms with Crippen molar-refractivity contribution in [3.63, 3.8) is 0 Å². The first-order valence-electron chi connectivity index (χ1n) is 8.33. The Bertz CT molecular complexity index is 390. The minimum atomic E-state index is 0.130. The third-order valence-electron chi connectivity index (χ3n) is 5.07. The Hall–Kier alpha value is -0.400. The molecule has 1 aliphatic heterocycles. The Morgan fingerprint density at radius 2 is 2.10 bits per heavy atom. The number of ether oxygens (including phenoxy) is 1. The molecule has 1 saturated carbocycles. The number of nitrogens with zero attached hydrogens (tertiary/aromatic N) is 1. The Kier molecular flexibility index (Phi) is 6.25. The fourth-order valence-electron chi connectivity index (χ4n) is 3.80. The zero-order chi connectivity index (χ0) is 15.4. The van der Waals surface area contributed by atoms with Gasteiger partial charge in [-0.05, 0) is 19.3 Å². The second-order valence-electron chi connectivity index (χ2n) is 6.65. The van der Waals surface area contributed by atoms with Gasteiger partial charge in [-0.25, -0.2) is 0 Å². The largest absolute Gasteiger partial charge is 0.488 e. The van der Waals surface area contributed by atoms with E-state index in [-0.39, 0.29) is 6.10 Å². The van der Waals surface area contributed by atoms with E-state index in [1.54, 1.807) is 0 Å². The van der Waals surface area contributed by atoms with Crippen LogP contribution in [0.25, 0.3) is 0 Å². The number of hydrogen-bond donors (Lipinski definition) is 0. The Labute approximate surface area is 131 Å². The fraction of sp³-hybridized carbons (Fsp3) is 0.824. The highest BCUT2D eigenvalue weighted by Gasteiger charge is 2.36. The molecule has 0 aromatic carbocycles. The molecule has 1 fully saturated rings. The van der Waals surface area contributed by atoms with Crippen molar-refractivity contribution in [1.29, 1.82) is 0 Å². The maximum atomic E-state index is 6.28. The Morgan fingerprint density at radius 3 is 2.67 bits per heavy atom. The van der Waals surface area contributed by atoms with Gasteiger partial charge in [0, 0.05) is 27.2 Å². The Balaban J connectivity index is 2.21. The van der Waals surface area contributed by atoms with Crippen LogP contribution in [0.1, 0.15) is 52.9 Å². The van der Waals surface area contributed by atoms with E-state index < -0.39 is 0 Å². The highest BCUT2D eigenvalue weighted by atomic mass is 31.0. The molecule has 3 nitrogen and oxygen atoms in total. The van der Waals surface area contributed by atoms with Crippen molar-refractivity contribution in [2.24, 2.45) is 22.7 Å². The molecule has 0 aromatic rings. The van der Waals surface area contributed by atoms with E-state index in [1.165, 1.54) is 25.7 Å². The molecular weight excluding hydrogens is 281 g/mol. The van der Waals surface area contributed by atoms with Gasteiger partial charge in [-0.1, -0.05) is 40.2 Å². The first kappa shape index (κ1) is 17.0. The SMILES string of the molecule is C=C1O[C@@H](C(C)COP)[C@H](C)C(CC)N=C1C1CCCC1. The molecule has 2 aliphatic rings. The molecule has 0 bridgehead atoms. The summed E-state index contributed by atoms with van der Waals surface area (Å²) in [5, 5.41) is 0. The smallest absolute Gasteiger partial charge is 0.133 e. The molecule has 0 saturated heterocycles. The second kappa shape index (κ2) is 7.74. The third-order valence-corrected chi connectivity index (χ3v) is 5.27. The van der Waals surface area contributed by atoms with Crippen LogP contribution in [0.5, 0.6) is 0 Å². The maximum absolute atomic E-state index is 6.28. The molecule has 0 aromatic heterocycles. The maximum Gasteiger partial charge on any atom is 0.133 e. The highest BCUT2D eigenvalue weighted by molar-refractivity contribution is 7.09. The summed E-state index contributed by atoms with van der Waals surface area (Å²) in [4.78, 5) is 5.08. The topological polar surface area (TPSA) is 30.8 Å². The molecule has 1 heterocycles. The summed E-state index contributed by atoms with van der Waals surface area (Å²) in [5.74, 6) is 2.10. The standard InChI is InChI=1S/C17H30NO2P/c1-5-15-12(3)17(11(2)10-19-21)20-13(4)16(18-15)14-8-6-7-9-14/h11-12,14-15,17H,4-10,21H2,1-3H3/t11?,12-,15?,17+/m1/s1. The number of allylic oxidation sites excluding steroid dienone is 1. The van der Waals surface area contributed by atoms with Crippen molar-refractivity contribution in [2.45, 2.75) is 65.0 Å². The van der Waals surface area contributed by atoms with Crippen LogP contribution in [-0.2, 0) is 9.26 Å². The molecule has 2 rings (SSSR count). The van der Waals surface area contributed by atoms with E-state index in [1.807, 2.05) is 0 Å².